The summed E-state index contributed by atoms with van der Waals surface area (Å²) in [4.78, 5) is 7.70. The lowest BCUT2D eigenvalue weighted by Gasteiger charge is -2.31. The van der Waals surface area contributed by atoms with Crippen molar-refractivity contribution in [2.75, 3.05) is 4.90 Å². The molecule has 42 heavy (non-hydrogen) atoms. The van der Waals surface area contributed by atoms with Gasteiger partial charge in [-0.15, -0.1) is 0 Å². The van der Waals surface area contributed by atoms with Crippen LogP contribution in [0, 0.1) is 0 Å². The Kier molecular flexibility index (Phi) is 8.44. The van der Waals surface area contributed by atoms with Crippen LogP contribution in [0.4, 0.5) is 11.4 Å². The largest absolute Gasteiger partial charge is 0.304 e. The molecule has 2 heteroatoms. The van der Waals surface area contributed by atoms with Crippen LogP contribution in [0.1, 0.15) is 28.2 Å². The highest BCUT2D eigenvalue weighted by molar-refractivity contribution is 6.08. The second-order valence-electron chi connectivity index (χ2n) is 10.0. The zero-order valence-electron chi connectivity index (χ0n) is 23.4. The van der Waals surface area contributed by atoms with Gasteiger partial charge in [0.2, 0.25) is 0 Å². The van der Waals surface area contributed by atoms with Gasteiger partial charge in [-0.1, -0.05) is 158 Å². The molecule has 0 saturated heterocycles. The lowest BCUT2D eigenvalue weighted by Crippen LogP contribution is -2.32. The normalized spacial score (nSPS) is 11.2. The minimum absolute atomic E-state index is 0.128. The molecule has 2 nitrogen and oxygen atoms in total. The molecule has 0 unspecified atom stereocenters. The van der Waals surface area contributed by atoms with Crippen LogP contribution in [0.5, 0.6) is 0 Å². The van der Waals surface area contributed by atoms with Crippen molar-refractivity contribution >= 4 is 22.8 Å². The van der Waals surface area contributed by atoms with Gasteiger partial charge in [0.05, 0.1) is 11.6 Å². The zero-order chi connectivity index (χ0) is 28.4. The van der Waals surface area contributed by atoms with E-state index in [0.717, 1.165) is 33.9 Å². The number of rotatable bonds is 8. The average Bonchev–Trinajstić information content (AvgIpc) is 3.08. The first-order chi connectivity index (χ1) is 20.9. The predicted molar refractivity (Wildman–Crippen MR) is 177 cm³/mol. The summed E-state index contributed by atoms with van der Waals surface area (Å²) in [7, 11) is 0. The molecule has 0 spiro atoms. The number of anilines is 1. The summed E-state index contributed by atoms with van der Waals surface area (Å²) >= 11 is 0. The SMILES string of the molecule is C(=C(c1ccccc1)c1ccccc1)N(C(=Nc1ccccc1)C(c1ccccc1)c1ccccc1)c1ccccc1. The van der Waals surface area contributed by atoms with Crippen LogP contribution >= 0.6 is 0 Å². The molecular weight excluding hydrogens is 508 g/mol. The molecule has 0 heterocycles. The Morgan fingerprint density at radius 2 is 0.833 bits per heavy atom. The molecule has 6 aromatic rings. The third-order valence-corrected chi connectivity index (χ3v) is 7.23. The van der Waals surface area contributed by atoms with E-state index in [1.807, 2.05) is 18.2 Å². The summed E-state index contributed by atoms with van der Waals surface area (Å²) in [6, 6.07) is 63.3. The lowest BCUT2D eigenvalue weighted by molar-refractivity contribution is 1.04. The molecule has 0 radical (unpaired) electrons. The van der Waals surface area contributed by atoms with Crippen molar-refractivity contribution in [3.63, 3.8) is 0 Å². The number of aliphatic imine (C=N–C) groups is 1. The van der Waals surface area contributed by atoms with E-state index in [1.54, 1.807) is 0 Å². The Morgan fingerprint density at radius 3 is 1.29 bits per heavy atom. The maximum atomic E-state index is 5.43. The van der Waals surface area contributed by atoms with Crippen LogP contribution in [-0.4, -0.2) is 5.84 Å². The van der Waals surface area contributed by atoms with Crippen molar-refractivity contribution in [1.29, 1.82) is 0 Å². The first-order valence-electron chi connectivity index (χ1n) is 14.3. The number of nitrogens with zero attached hydrogens (tertiary/aromatic N) is 2. The smallest absolute Gasteiger partial charge is 0.125 e. The fraction of sp³-hybridized carbons (Fsp3) is 0.0250. The molecule has 0 aliphatic carbocycles. The van der Waals surface area contributed by atoms with Gasteiger partial charge in [-0.2, -0.15) is 0 Å². The van der Waals surface area contributed by atoms with Gasteiger partial charge in [-0.05, 0) is 46.5 Å². The average molecular weight is 541 g/mol. The van der Waals surface area contributed by atoms with Gasteiger partial charge in [0.1, 0.15) is 5.84 Å². The first kappa shape index (κ1) is 26.7. The lowest BCUT2D eigenvalue weighted by atomic mass is 9.89. The Morgan fingerprint density at radius 1 is 0.452 bits per heavy atom. The van der Waals surface area contributed by atoms with E-state index in [1.165, 1.54) is 11.1 Å². The Labute approximate surface area is 248 Å². The molecule has 0 bridgehead atoms. The number of para-hydroxylation sites is 2. The van der Waals surface area contributed by atoms with E-state index in [4.69, 9.17) is 4.99 Å². The molecule has 6 aromatic carbocycles. The number of hydrogen-bond donors (Lipinski definition) is 0. The molecule has 6 rings (SSSR count). The summed E-state index contributed by atoms with van der Waals surface area (Å²) in [5, 5.41) is 0. The predicted octanol–water partition coefficient (Wildman–Crippen LogP) is 10.1. The standard InChI is InChI=1S/C40H32N2/c1-7-19-32(20-8-1)38(33-21-9-2-10-22-33)31-42(37-29-17-6-18-30-37)40(41-36-27-15-5-16-28-36)39(34-23-11-3-12-24-34)35-25-13-4-14-26-35/h1-31,39H. The van der Waals surface area contributed by atoms with Gasteiger partial charge in [-0.25, -0.2) is 4.99 Å². The highest BCUT2D eigenvalue weighted by atomic mass is 15.2. The number of hydrogen-bond acceptors (Lipinski definition) is 1. The second-order valence-corrected chi connectivity index (χ2v) is 10.0. The maximum Gasteiger partial charge on any atom is 0.125 e. The van der Waals surface area contributed by atoms with E-state index in [-0.39, 0.29) is 5.92 Å². The van der Waals surface area contributed by atoms with Gasteiger partial charge < -0.3 is 4.90 Å². The molecule has 0 aromatic heterocycles. The highest BCUT2D eigenvalue weighted by Gasteiger charge is 2.27. The van der Waals surface area contributed by atoms with Crippen LogP contribution in [-0.2, 0) is 0 Å². The second kappa shape index (κ2) is 13.3. The van der Waals surface area contributed by atoms with Crippen LogP contribution < -0.4 is 4.90 Å². The van der Waals surface area contributed by atoms with Gasteiger partial charge in [0.15, 0.2) is 0 Å². The highest BCUT2D eigenvalue weighted by Crippen LogP contribution is 2.34. The first-order valence-corrected chi connectivity index (χ1v) is 14.3. The van der Waals surface area contributed by atoms with E-state index in [2.05, 4.69) is 175 Å². The van der Waals surface area contributed by atoms with Gasteiger partial charge in [-0.3, -0.25) is 0 Å². The van der Waals surface area contributed by atoms with Crippen LogP contribution in [0.15, 0.2) is 193 Å². The maximum absolute atomic E-state index is 5.43. The van der Waals surface area contributed by atoms with Crippen LogP contribution in [0.25, 0.3) is 5.57 Å². The minimum atomic E-state index is -0.128. The topological polar surface area (TPSA) is 15.6 Å². The summed E-state index contributed by atoms with van der Waals surface area (Å²) < 4.78 is 0. The zero-order valence-corrected chi connectivity index (χ0v) is 23.4. The summed E-state index contributed by atoms with van der Waals surface area (Å²) in [6.07, 6.45) is 2.25. The third kappa shape index (κ3) is 6.29. The molecule has 0 fully saturated rings. The van der Waals surface area contributed by atoms with Crippen molar-refractivity contribution in [2.24, 2.45) is 4.99 Å². The van der Waals surface area contributed by atoms with Crippen LogP contribution in [0.3, 0.4) is 0 Å². The van der Waals surface area contributed by atoms with Crippen molar-refractivity contribution in [2.45, 2.75) is 5.92 Å². The summed E-state index contributed by atoms with van der Waals surface area (Å²) in [5.74, 6) is 0.783. The van der Waals surface area contributed by atoms with E-state index in [0.29, 0.717) is 0 Å². The van der Waals surface area contributed by atoms with Crippen molar-refractivity contribution < 1.29 is 0 Å². The monoisotopic (exact) mass is 540 g/mol. The fourth-order valence-corrected chi connectivity index (χ4v) is 5.22. The molecule has 0 amide bonds. The van der Waals surface area contributed by atoms with Crippen molar-refractivity contribution in [3.8, 4) is 0 Å². The Bertz CT molecular complexity index is 1650. The summed E-state index contributed by atoms with van der Waals surface area (Å²) in [5.41, 5.74) is 7.68. The number of benzene rings is 6. The summed E-state index contributed by atoms with van der Waals surface area (Å²) in [6.45, 7) is 0. The molecular formula is C40H32N2. The van der Waals surface area contributed by atoms with E-state index >= 15 is 0 Å². The third-order valence-electron chi connectivity index (χ3n) is 7.23. The minimum Gasteiger partial charge on any atom is -0.304 e. The fourth-order valence-electron chi connectivity index (χ4n) is 5.22. The Balaban J connectivity index is 1.66. The van der Waals surface area contributed by atoms with Gasteiger partial charge >= 0.3 is 0 Å². The van der Waals surface area contributed by atoms with Gasteiger partial charge in [0.25, 0.3) is 0 Å². The number of amidine groups is 1. The van der Waals surface area contributed by atoms with Gasteiger partial charge in [0, 0.05) is 17.5 Å². The molecule has 0 aliphatic rings. The van der Waals surface area contributed by atoms with Crippen LogP contribution in [0.2, 0.25) is 0 Å². The quantitative estimate of drug-likeness (QED) is 0.138. The van der Waals surface area contributed by atoms with Crippen molar-refractivity contribution in [1.82, 2.24) is 0 Å². The molecule has 0 N–H and O–H groups in total. The van der Waals surface area contributed by atoms with E-state index < -0.39 is 0 Å². The van der Waals surface area contributed by atoms with E-state index in [9.17, 15) is 0 Å². The molecule has 0 atom stereocenters. The molecule has 0 saturated carbocycles. The molecule has 202 valence electrons. The van der Waals surface area contributed by atoms with Crippen molar-refractivity contribution in [3.05, 3.63) is 210 Å². The Hall–Kier alpha value is -5.47. The molecule has 0 aliphatic heterocycles.